The lowest BCUT2D eigenvalue weighted by Gasteiger charge is -2.46. The first-order chi connectivity index (χ1) is 35.0. The number of cyclic esters (lactones) is 1. The molecule has 2 saturated heterocycles. The molecule has 14 N–H and O–H groups in total. The lowest BCUT2D eigenvalue weighted by molar-refractivity contribution is -0.303. The van der Waals surface area contributed by atoms with E-state index in [4.69, 9.17) is 29.4 Å². The van der Waals surface area contributed by atoms with Crippen molar-refractivity contribution in [1.82, 2.24) is 10.6 Å². The molecular weight excluding hydrogens is 979 g/mol. The lowest BCUT2D eigenvalue weighted by atomic mass is 9.87. The summed E-state index contributed by atoms with van der Waals surface area (Å²) >= 11 is 0. The van der Waals surface area contributed by atoms with E-state index in [1.165, 1.54) is 6.08 Å². The van der Waals surface area contributed by atoms with Crippen molar-refractivity contribution in [1.29, 1.82) is 0 Å². The zero-order chi connectivity index (χ0) is 55.0. The summed E-state index contributed by atoms with van der Waals surface area (Å²) in [6.07, 6.45) is 5.08. The first-order valence-corrected chi connectivity index (χ1v) is 25.3. The maximum Gasteiger partial charge on any atom is 0.315 e. The fourth-order valence-corrected chi connectivity index (χ4v) is 8.54. The van der Waals surface area contributed by atoms with E-state index < -0.39 is 153 Å². The smallest absolute Gasteiger partial charge is 0.315 e. The molecule has 75 heavy (non-hydrogen) atoms. The summed E-state index contributed by atoms with van der Waals surface area (Å²) in [4.78, 5) is 37.9. The van der Waals surface area contributed by atoms with Gasteiger partial charge in [0.1, 0.15) is 18.8 Å². The summed E-state index contributed by atoms with van der Waals surface area (Å²) in [7, 11) is 0. The monoisotopic (exact) mass is 1070 g/mol. The summed E-state index contributed by atoms with van der Waals surface area (Å²) in [6.45, 7) is 10.1. The Balaban J connectivity index is 0.0000193. The van der Waals surface area contributed by atoms with Crippen LogP contribution >= 0.6 is 0 Å². The number of hydrogen-bond donors (Lipinski definition) is 13. The van der Waals surface area contributed by atoms with E-state index in [1.54, 1.807) is 87.6 Å². The van der Waals surface area contributed by atoms with Crippen LogP contribution in [0, 0.1) is 11.8 Å². The molecule has 2 amide bonds. The highest BCUT2D eigenvalue weighted by molar-refractivity contribution is 5.76. The second kappa shape index (κ2) is 34.4. The van der Waals surface area contributed by atoms with Crippen molar-refractivity contribution in [3.05, 3.63) is 97.7 Å². The molecule has 0 aromatic heterocycles. The molecule has 3 heterocycles. The quantitative estimate of drug-likeness (QED) is 0.121. The number of carbonyl (C=O) groups is 3. The van der Waals surface area contributed by atoms with Gasteiger partial charge in [0.2, 0.25) is 0 Å². The highest BCUT2D eigenvalue weighted by Gasteiger charge is 2.49. The molecule has 19 atom stereocenters. The van der Waals surface area contributed by atoms with Gasteiger partial charge in [0.25, 0.3) is 0 Å². The van der Waals surface area contributed by atoms with E-state index in [0.717, 1.165) is 0 Å². The second-order valence-corrected chi connectivity index (χ2v) is 19.4. The van der Waals surface area contributed by atoms with E-state index in [1.807, 2.05) is 25.2 Å². The van der Waals surface area contributed by atoms with E-state index in [2.05, 4.69) is 17.2 Å². The molecular formula is C54H87N3O18. The molecule has 21 heteroatoms. The summed E-state index contributed by atoms with van der Waals surface area (Å²) in [5, 5.41) is 115. The van der Waals surface area contributed by atoms with E-state index in [0.29, 0.717) is 0 Å². The third-order valence-corrected chi connectivity index (χ3v) is 13.0. The van der Waals surface area contributed by atoms with E-state index in [-0.39, 0.29) is 58.6 Å². The van der Waals surface area contributed by atoms with Gasteiger partial charge >= 0.3 is 18.0 Å². The molecule has 426 valence electrons. The minimum absolute atomic E-state index is 0. The fourth-order valence-electron chi connectivity index (χ4n) is 8.54. The normalized spacial score (nSPS) is 40.6. The van der Waals surface area contributed by atoms with Gasteiger partial charge in [-0.25, -0.2) is 4.79 Å². The van der Waals surface area contributed by atoms with Crippen LogP contribution in [0.15, 0.2) is 97.7 Å². The van der Waals surface area contributed by atoms with Crippen LogP contribution in [0.4, 0.5) is 4.79 Å². The molecule has 0 aromatic carbocycles. The minimum atomic E-state index is -2.31. The topological polar surface area (TPSA) is 350 Å². The highest BCUT2D eigenvalue weighted by atomic mass is 16.7. The van der Waals surface area contributed by atoms with Crippen molar-refractivity contribution < 1.29 is 89.1 Å². The van der Waals surface area contributed by atoms with Crippen LogP contribution in [0.1, 0.15) is 92.9 Å². The van der Waals surface area contributed by atoms with Crippen LogP contribution in [-0.2, 0) is 33.3 Å². The number of allylic oxidation sites excluding steroid dienone is 12. The number of carbonyl (C=O) groups excluding carboxylic acids is 3. The molecule has 2 fully saturated rings. The predicted octanol–water partition coefficient (Wildman–Crippen LogP) is 1.43. The van der Waals surface area contributed by atoms with Gasteiger partial charge in [0, 0.05) is 44.1 Å². The van der Waals surface area contributed by atoms with Gasteiger partial charge in [-0.2, -0.15) is 0 Å². The Morgan fingerprint density at radius 2 is 1.35 bits per heavy atom. The molecule has 0 aromatic rings. The number of urea groups is 1. The largest absolute Gasteiger partial charge is 0.462 e. The molecule has 3 aliphatic heterocycles. The van der Waals surface area contributed by atoms with Gasteiger partial charge in [-0.05, 0) is 33.1 Å². The zero-order valence-electron chi connectivity index (χ0n) is 42.9. The number of ether oxygens (including phenoxy) is 5. The molecule has 0 aliphatic carbocycles. The van der Waals surface area contributed by atoms with Crippen LogP contribution in [0.2, 0.25) is 0 Å². The van der Waals surface area contributed by atoms with Crippen molar-refractivity contribution in [2.24, 2.45) is 17.6 Å². The number of rotatable bonds is 8. The van der Waals surface area contributed by atoms with Crippen LogP contribution in [0.25, 0.3) is 0 Å². The van der Waals surface area contributed by atoms with Crippen LogP contribution in [0.5, 0.6) is 0 Å². The fraction of sp³-hybridized carbons (Fsp3) is 0.648. The third kappa shape index (κ3) is 24.2. The Morgan fingerprint density at radius 1 is 0.747 bits per heavy atom. The van der Waals surface area contributed by atoms with Gasteiger partial charge < -0.3 is 91.1 Å². The van der Waals surface area contributed by atoms with Gasteiger partial charge in [-0.1, -0.05) is 119 Å². The number of hydrogen-bond acceptors (Lipinski definition) is 19. The van der Waals surface area contributed by atoms with Crippen LogP contribution in [0.3, 0.4) is 0 Å². The van der Waals surface area contributed by atoms with E-state index >= 15 is 0 Å². The van der Waals surface area contributed by atoms with Gasteiger partial charge in [-0.15, -0.1) is 0 Å². The summed E-state index contributed by atoms with van der Waals surface area (Å²) in [5.41, 5.74) is 6.10. The third-order valence-electron chi connectivity index (χ3n) is 13.0. The Morgan fingerprint density at radius 3 is 1.96 bits per heavy atom. The number of aliphatic hydroxyl groups excluding tert-OH is 9. The first-order valence-electron chi connectivity index (χ1n) is 25.3. The Kier molecular flexibility index (Phi) is 30.5. The number of esters is 2. The van der Waals surface area contributed by atoms with Crippen molar-refractivity contribution in [3.63, 3.8) is 0 Å². The van der Waals surface area contributed by atoms with Gasteiger partial charge in [-0.3, -0.25) is 9.59 Å². The molecule has 3 aliphatic rings. The number of aliphatic hydroxyl groups is 10. The van der Waals surface area contributed by atoms with Crippen molar-refractivity contribution in [3.8, 4) is 0 Å². The zero-order valence-corrected chi connectivity index (χ0v) is 42.9. The maximum atomic E-state index is 13.2. The molecule has 3 rings (SSSR count). The number of nitrogens with one attached hydrogen (secondary N) is 2. The summed E-state index contributed by atoms with van der Waals surface area (Å²) in [6, 6.07) is -3.26. The number of nitrogens with two attached hydrogens (primary N) is 1. The Hall–Kier alpha value is -4.43. The highest BCUT2D eigenvalue weighted by Crippen LogP contribution is 2.35. The van der Waals surface area contributed by atoms with E-state index in [9.17, 15) is 65.4 Å². The molecule has 0 saturated carbocycles. The van der Waals surface area contributed by atoms with Gasteiger partial charge in [0.15, 0.2) is 12.1 Å². The van der Waals surface area contributed by atoms with Crippen LogP contribution in [-0.4, -0.2) is 186 Å². The standard InChI is InChI=1S/C53H83N3O18.CH4/c1-6-25-70-44(63)23-24-55-52(68)56-47-42(62)31-53(69)30-38(59)27-41(61)40(60)22-21-36(57)26-37(58)28-45(64)71-34(4)33(3)48(65)32(2)19-17-15-13-11-9-7-8-10-12-14-16-18-20-39(29-43(47)74-53)73-51-50(67)46(54)49(66)35(5)72-51;/h6-20,32-43,46-51,57-62,65-67,69H,1,21-31,54H2,2-5H3,(H2,55,56,68);1H4/b8-7+,11-9+,12-10+,15-13+,16-14+,19-17+,20-18+;/t32-,33-,34-,35?,36+,37+,38-,39-,40+,41+,42-,43-,46?,47+,48+,49?,50?,51?,53+;/m0./s1. The van der Waals surface area contributed by atoms with Crippen LogP contribution < -0.4 is 16.4 Å². The lowest BCUT2D eigenvalue weighted by Crippen LogP contribution is -2.64. The average molecular weight is 1070 g/mol. The van der Waals surface area contributed by atoms with Gasteiger partial charge in [0.05, 0.1) is 92.1 Å². The first kappa shape index (κ1) is 66.7. The predicted molar refractivity (Wildman–Crippen MR) is 279 cm³/mol. The molecule has 21 nitrogen and oxygen atoms in total. The molecule has 0 spiro atoms. The Bertz CT molecular complexity index is 1930. The number of fused-ring (bicyclic) bond motifs is 2. The summed E-state index contributed by atoms with van der Waals surface area (Å²) < 4.78 is 28.6. The molecule has 2 bridgehead atoms. The molecule has 0 radical (unpaired) electrons. The Labute approximate surface area is 441 Å². The molecule has 5 unspecified atom stereocenters. The van der Waals surface area contributed by atoms with Crippen molar-refractivity contribution in [2.75, 3.05) is 13.2 Å². The average Bonchev–Trinajstić information content (AvgIpc) is 3.33. The second-order valence-electron chi connectivity index (χ2n) is 19.4. The van der Waals surface area contributed by atoms with Crippen molar-refractivity contribution >= 4 is 18.0 Å². The SMILES string of the molecule is C.C=CCOC(=O)CCNC(=O)N[C@H]1[C@@H]2C[C@@H](OC3OC(C)C(O)C(N)C3O)/C=C/C=C/C=C/C=C/C=C/C=C/C=C/[C@H](C)[C@@H](O)[C@@H](C)[C@H](C)OC(=O)C[C@H](O)C[C@H](O)CC[C@@H](O)[C@H](O)C[C@H](O)C[C@](O)(C[C@@H]1O)O2. The minimum Gasteiger partial charge on any atom is -0.462 e. The van der Waals surface area contributed by atoms with Crippen molar-refractivity contribution in [2.45, 2.75) is 196 Å². The summed E-state index contributed by atoms with van der Waals surface area (Å²) in [5.74, 6) is -4.41. The number of amides is 2. The maximum absolute atomic E-state index is 13.2.